The van der Waals surface area contributed by atoms with E-state index in [1.807, 2.05) is 42.5 Å². The van der Waals surface area contributed by atoms with Crippen LogP contribution in [0.4, 0.5) is 5.69 Å². The van der Waals surface area contributed by atoms with Crippen LogP contribution < -0.4 is 5.32 Å². The van der Waals surface area contributed by atoms with E-state index in [0.717, 1.165) is 22.3 Å². The van der Waals surface area contributed by atoms with E-state index in [1.54, 1.807) is 6.07 Å². The summed E-state index contributed by atoms with van der Waals surface area (Å²) in [7, 11) is 0. The van der Waals surface area contributed by atoms with Crippen LogP contribution >= 0.6 is 28.3 Å². The van der Waals surface area contributed by atoms with Crippen LogP contribution in [0.15, 0.2) is 69.6 Å². The summed E-state index contributed by atoms with van der Waals surface area (Å²) < 4.78 is 6.74. The van der Waals surface area contributed by atoms with E-state index in [0.29, 0.717) is 11.5 Å². The second kappa shape index (κ2) is 10.1. The highest BCUT2D eigenvalue weighted by molar-refractivity contribution is 9.10. The minimum atomic E-state index is -0.243. The minimum Gasteiger partial charge on any atom is -0.451 e. The highest BCUT2D eigenvalue weighted by atomic mass is 79.9. The van der Waals surface area contributed by atoms with Gasteiger partial charge in [-0.2, -0.15) is 0 Å². The highest BCUT2D eigenvalue weighted by Crippen LogP contribution is 2.24. The van der Waals surface area contributed by atoms with Crippen molar-refractivity contribution in [2.75, 3.05) is 18.4 Å². The third-order valence-electron chi connectivity index (χ3n) is 5.03. The van der Waals surface area contributed by atoms with Gasteiger partial charge >= 0.3 is 0 Å². The number of rotatable bonds is 5. The second-order valence-electron chi connectivity index (χ2n) is 7.16. The van der Waals surface area contributed by atoms with Crippen molar-refractivity contribution in [1.82, 2.24) is 4.90 Å². The standard InChI is InChI=1S/C23H23BrN2O2.ClH/c24-19-8-6-18(7-9-19)21-12-13-22(28-21)23(27)25-20-10-4-17(5-11-20)16-26-14-2-1-3-15-26;/h4-13H,1-3,14-16H2,(H,25,27);1H. The van der Waals surface area contributed by atoms with Crippen LogP contribution in [0.1, 0.15) is 35.4 Å². The van der Waals surface area contributed by atoms with Gasteiger partial charge in [0, 0.05) is 22.3 Å². The molecule has 1 amide bonds. The topological polar surface area (TPSA) is 45.5 Å². The Bertz CT molecular complexity index is 932. The smallest absolute Gasteiger partial charge is 0.291 e. The molecular weight excluding hydrogens is 452 g/mol. The quantitative estimate of drug-likeness (QED) is 0.466. The van der Waals surface area contributed by atoms with Crippen LogP contribution in [0.2, 0.25) is 0 Å². The number of halogens is 2. The summed E-state index contributed by atoms with van der Waals surface area (Å²) >= 11 is 3.42. The number of hydrogen-bond donors (Lipinski definition) is 1. The van der Waals surface area contributed by atoms with Crippen LogP contribution in [0.25, 0.3) is 11.3 Å². The Morgan fingerprint density at radius 3 is 2.31 bits per heavy atom. The van der Waals surface area contributed by atoms with Crippen molar-refractivity contribution < 1.29 is 9.21 Å². The molecule has 29 heavy (non-hydrogen) atoms. The fraction of sp³-hybridized carbons (Fsp3) is 0.261. The first-order valence-electron chi connectivity index (χ1n) is 9.66. The second-order valence-corrected chi connectivity index (χ2v) is 8.07. The number of piperidine rings is 1. The van der Waals surface area contributed by atoms with Crippen molar-refractivity contribution in [3.05, 3.63) is 76.5 Å². The number of nitrogens with zero attached hydrogens (tertiary/aromatic N) is 1. The number of furan rings is 1. The van der Waals surface area contributed by atoms with Gasteiger partial charge in [0.15, 0.2) is 5.76 Å². The molecule has 0 spiro atoms. The molecule has 1 saturated heterocycles. The molecule has 0 bridgehead atoms. The van der Waals surface area contributed by atoms with Crippen molar-refractivity contribution in [2.45, 2.75) is 25.8 Å². The summed E-state index contributed by atoms with van der Waals surface area (Å²) in [6.45, 7) is 3.33. The molecule has 4 rings (SSSR count). The lowest BCUT2D eigenvalue weighted by molar-refractivity contribution is 0.0997. The maximum Gasteiger partial charge on any atom is 0.291 e. The molecule has 3 aromatic rings. The van der Waals surface area contributed by atoms with E-state index in [2.05, 4.69) is 38.3 Å². The summed E-state index contributed by atoms with van der Waals surface area (Å²) in [5.74, 6) is 0.733. The summed E-state index contributed by atoms with van der Waals surface area (Å²) in [5, 5.41) is 2.91. The van der Waals surface area contributed by atoms with E-state index < -0.39 is 0 Å². The number of carbonyl (C=O) groups excluding carboxylic acids is 1. The van der Waals surface area contributed by atoms with Crippen LogP contribution in [-0.4, -0.2) is 23.9 Å². The van der Waals surface area contributed by atoms with E-state index in [1.165, 1.54) is 37.9 Å². The lowest BCUT2D eigenvalue weighted by atomic mass is 10.1. The third-order valence-corrected chi connectivity index (χ3v) is 5.55. The SMILES string of the molecule is Cl.O=C(Nc1ccc(CN2CCCCC2)cc1)c1ccc(-c2ccc(Br)cc2)o1. The Hall–Kier alpha value is -2.08. The molecule has 4 nitrogen and oxygen atoms in total. The van der Waals surface area contributed by atoms with Gasteiger partial charge in [0.2, 0.25) is 0 Å². The number of benzene rings is 2. The Morgan fingerprint density at radius 1 is 0.931 bits per heavy atom. The van der Waals surface area contributed by atoms with Gasteiger partial charge in [-0.1, -0.05) is 46.6 Å². The first-order chi connectivity index (χ1) is 13.7. The average molecular weight is 476 g/mol. The molecule has 0 atom stereocenters. The molecule has 6 heteroatoms. The van der Waals surface area contributed by atoms with Crippen molar-refractivity contribution >= 4 is 39.9 Å². The molecule has 2 aromatic carbocycles. The first kappa shape index (κ1) is 21.6. The molecule has 2 heterocycles. The highest BCUT2D eigenvalue weighted by Gasteiger charge is 2.13. The molecule has 1 aromatic heterocycles. The molecule has 152 valence electrons. The number of nitrogens with one attached hydrogen (secondary N) is 1. The Balaban J connectivity index is 0.00000240. The summed E-state index contributed by atoms with van der Waals surface area (Å²) in [6, 6.07) is 19.4. The van der Waals surface area contributed by atoms with Gasteiger partial charge in [-0.15, -0.1) is 12.4 Å². The normalized spacial score (nSPS) is 14.2. The fourth-order valence-electron chi connectivity index (χ4n) is 3.49. The van der Waals surface area contributed by atoms with Crippen molar-refractivity contribution in [2.24, 2.45) is 0 Å². The van der Waals surface area contributed by atoms with Gasteiger partial charge in [-0.05, 0) is 67.9 Å². The Morgan fingerprint density at radius 2 is 1.62 bits per heavy atom. The lowest BCUT2D eigenvalue weighted by Gasteiger charge is -2.26. The Kier molecular flexibility index (Phi) is 7.53. The van der Waals surface area contributed by atoms with Crippen LogP contribution in [0.5, 0.6) is 0 Å². The monoisotopic (exact) mass is 474 g/mol. The zero-order valence-electron chi connectivity index (χ0n) is 16.1. The fourth-order valence-corrected chi connectivity index (χ4v) is 3.76. The summed E-state index contributed by atoms with van der Waals surface area (Å²) in [5.41, 5.74) is 2.98. The van der Waals surface area contributed by atoms with E-state index in [4.69, 9.17) is 4.42 Å². The molecule has 0 aliphatic carbocycles. The van der Waals surface area contributed by atoms with Gasteiger partial charge in [0.25, 0.3) is 5.91 Å². The van der Waals surface area contributed by atoms with Gasteiger partial charge in [-0.25, -0.2) is 0 Å². The average Bonchev–Trinajstić information content (AvgIpc) is 3.21. The molecular formula is C23H24BrClN2O2. The first-order valence-corrected chi connectivity index (χ1v) is 10.5. The van der Waals surface area contributed by atoms with Gasteiger partial charge in [0.05, 0.1) is 0 Å². The van der Waals surface area contributed by atoms with Crippen molar-refractivity contribution in [3.63, 3.8) is 0 Å². The summed E-state index contributed by atoms with van der Waals surface area (Å²) in [4.78, 5) is 15.0. The zero-order chi connectivity index (χ0) is 19.3. The number of carbonyl (C=O) groups is 1. The predicted octanol–water partition coefficient (Wildman–Crippen LogP) is 6.37. The van der Waals surface area contributed by atoms with Crippen molar-refractivity contribution in [3.8, 4) is 11.3 Å². The largest absolute Gasteiger partial charge is 0.451 e. The van der Waals surface area contributed by atoms with Crippen LogP contribution in [0.3, 0.4) is 0 Å². The lowest BCUT2D eigenvalue weighted by Crippen LogP contribution is -2.29. The summed E-state index contributed by atoms with van der Waals surface area (Å²) in [6.07, 6.45) is 3.93. The maximum absolute atomic E-state index is 12.5. The van der Waals surface area contributed by atoms with Gasteiger partial charge < -0.3 is 9.73 Å². The molecule has 0 unspecified atom stereocenters. The number of likely N-dealkylation sites (tertiary alicyclic amines) is 1. The van der Waals surface area contributed by atoms with Gasteiger partial charge in [-0.3, -0.25) is 9.69 Å². The molecule has 0 radical (unpaired) electrons. The molecule has 1 N–H and O–H groups in total. The molecule has 1 aliphatic rings. The Labute approximate surface area is 185 Å². The maximum atomic E-state index is 12.5. The van der Waals surface area contributed by atoms with E-state index in [9.17, 15) is 4.79 Å². The zero-order valence-corrected chi connectivity index (χ0v) is 18.5. The molecule has 1 fully saturated rings. The number of anilines is 1. The number of hydrogen-bond acceptors (Lipinski definition) is 3. The third kappa shape index (κ3) is 5.72. The van der Waals surface area contributed by atoms with Gasteiger partial charge in [0.1, 0.15) is 5.76 Å². The number of amides is 1. The molecule has 1 aliphatic heterocycles. The van der Waals surface area contributed by atoms with E-state index in [-0.39, 0.29) is 18.3 Å². The van der Waals surface area contributed by atoms with E-state index >= 15 is 0 Å². The molecule has 0 saturated carbocycles. The van der Waals surface area contributed by atoms with Crippen LogP contribution in [0, 0.1) is 0 Å². The van der Waals surface area contributed by atoms with Crippen molar-refractivity contribution in [1.29, 1.82) is 0 Å². The van der Waals surface area contributed by atoms with Crippen LogP contribution in [-0.2, 0) is 6.54 Å². The predicted molar refractivity (Wildman–Crippen MR) is 123 cm³/mol. The minimum absolute atomic E-state index is 0.